The molecule has 3 heteroatoms. The number of nitrogens with one attached hydrogen (secondary N) is 1. The van der Waals surface area contributed by atoms with Crippen molar-refractivity contribution in [2.75, 3.05) is 26.9 Å². The molecule has 1 aromatic carbocycles. The summed E-state index contributed by atoms with van der Waals surface area (Å²) in [6.45, 7) is 3.00. The molecule has 3 nitrogen and oxygen atoms in total. The highest BCUT2D eigenvalue weighted by Crippen LogP contribution is 2.32. The summed E-state index contributed by atoms with van der Waals surface area (Å²) in [6, 6.07) is 7.06. The molecule has 1 fully saturated rings. The van der Waals surface area contributed by atoms with Gasteiger partial charge in [-0.25, -0.2) is 0 Å². The van der Waals surface area contributed by atoms with Gasteiger partial charge in [0.05, 0.1) is 7.11 Å². The Morgan fingerprint density at radius 1 is 1.25 bits per heavy atom. The number of hydrogen-bond acceptors (Lipinski definition) is 3. The summed E-state index contributed by atoms with van der Waals surface area (Å²) in [7, 11) is 1.74. The van der Waals surface area contributed by atoms with E-state index in [1.54, 1.807) is 7.11 Å². The van der Waals surface area contributed by atoms with Crippen LogP contribution in [0, 0.1) is 5.92 Å². The molecule has 110 valence electrons. The van der Waals surface area contributed by atoms with E-state index in [2.05, 4.69) is 23.5 Å². The third kappa shape index (κ3) is 3.15. The molecule has 3 rings (SSSR count). The smallest absolute Gasteiger partial charge is 0.119 e. The molecule has 1 aliphatic heterocycles. The minimum absolute atomic E-state index is 0.521. The summed E-state index contributed by atoms with van der Waals surface area (Å²) in [5, 5.41) is 3.79. The Kier molecular flexibility index (Phi) is 4.58. The zero-order chi connectivity index (χ0) is 13.8. The maximum atomic E-state index is 5.43. The maximum Gasteiger partial charge on any atom is 0.119 e. The Morgan fingerprint density at radius 3 is 2.90 bits per heavy atom. The molecule has 0 amide bonds. The van der Waals surface area contributed by atoms with E-state index in [9.17, 15) is 0 Å². The number of fused-ring (bicyclic) bond motifs is 1. The molecule has 1 N–H and O–H groups in total. The van der Waals surface area contributed by atoms with Gasteiger partial charge in [-0.2, -0.15) is 0 Å². The second-order valence-corrected chi connectivity index (χ2v) is 5.97. The molecule has 1 heterocycles. The van der Waals surface area contributed by atoms with Crippen LogP contribution < -0.4 is 10.1 Å². The normalized spacial score (nSPS) is 23.4. The van der Waals surface area contributed by atoms with Crippen LogP contribution in [0.2, 0.25) is 0 Å². The first kappa shape index (κ1) is 13.9. The topological polar surface area (TPSA) is 30.5 Å². The molecule has 0 saturated carbocycles. The van der Waals surface area contributed by atoms with Crippen molar-refractivity contribution in [2.24, 2.45) is 5.92 Å². The van der Waals surface area contributed by atoms with Gasteiger partial charge in [0.15, 0.2) is 0 Å². The van der Waals surface area contributed by atoms with E-state index in [-0.39, 0.29) is 0 Å². The maximum absolute atomic E-state index is 5.43. The minimum Gasteiger partial charge on any atom is -0.497 e. The van der Waals surface area contributed by atoms with E-state index in [4.69, 9.17) is 9.47 Å². The van der Waals surface area contributed by atoms with Crippen molar-refractivity contribution in [2.45, 2.75) is 38.1 Å². The summed E-state index contributed by atoms with van der Waals surface area (Å²) in [5.74, 6) is 1.77. The highest BCUT2D eigenvalue weighted by atomic mass is 16.5. The minimum atomic E-state index is 0.521. The zero-order valence-electron chi connectivity index (χ0n) is 12.4. The molecular weight excluding hydrogens is 250 g/mol. The molecule has 0 spiro atoms. The number of benzene rings is 1. The first-order valence-corrected chi connectivity index (χ1v) is 7.85. The average molecular weight is 275 g/mol. The number of aryl methyl sites for hydroxylation is 1. The van der Waals surface area contributed by atoms with Crippen molar-refractivity contribution in [1.29, 1.82) is 0 Å². The Bertz CT molecular complexity index is 441. The van der Waals surface area contributed by atoms with Crippen LogP contribution in [0.1, 0.15) is 42.9 Å². The second-order valence-electron chi connectivity index (χ2n) is 5.97. The molecule has 1 aliphatic carbocycles. The molecule has 20 heavy (non-hydrogen) atoms. The van der Waals surface area contributed by atoms with Crippen molar-refractivity contribution >= 4 is 0 Å². The lowest BCUT2D eigenvalue weighted by molar-refractivity contribution is 0.0652. The van der Waals surface area contributed by atoms with Crippen LogP contribution in [0.3, 0.4) is 0 Å². The van der Waals surface area contributed by atoms with Gasteiger partial charge in [0.2, 0.25) is 0 Å². The van der Waals surface area contributed by atoms with Crippen LogP contribution >= 0.6 is 0 Å². The fourth-order valence-corrected chi connectivity index (χ4v) is 3.39. The predicted octanol–water partition coefficient (Wildman–Crippen LogP) is 3.09. The Balaban J connectivity index is 1.63. The number of methoxy groups -OCH3 is 1. The van der Waals surface area contributed by atoms with E-state index < -0.39 is 0 Å². The van der Waals surface area contributed by atoms with Gasteiger partial charge in [0.1, 0.15) is 5.75 Å². The average Bonchev–Trinajstić information content (AvgIpc) is 2.53. The van der Waals surface area contributed by atoms with Gasteiger partial charge in [0, 0.05) is 19.3 Å². The van der Waals surface area contributed by atoms with E-state index in [1.807, 2.05) is 0 Å². The van der Waals surface area contributed by atoms with Gasteiger partial charge < -0.3 is 14.8 Å². The van der Waals surface area contributed by atoms with Crippen LogP contribution in [-0.4, -0.2) is 26.9 Å². The van der Waals surface area contributed by atoms with Crippen LogP contribution in [0.4, 0.5) is 0 Å². The lowest BCUT2D eigenvalue weighted by Gasteiger charge is -2.30. The summed E-state index contributed by atoms with van der Waals surface area (Å²) in [6.07, 6.45) is 6.11. The molecule has 1 aromatic rings. The monoisotopic (exact) mass is 275 g/mol. The standard InChI is InChI=1S/C17H25NO2/c1-19-15-5-6-16-14(11-15)3-2-4-17(16)18-12-13-7-9-20-10-8-13/h5-6,11,13,17-18H,2-4,7-10,12H2,1H3. The van der Waals surface area contributed by atoms with E-state index >= 15 is 0 Å². The third-order valence-electron chi connectivity index (χ3n) is 4.66. The fourth-order valence-electron chi connectivity index (χ4n) is 3.39. The summed E-state index contributed by atoms with van der Waals surface area (Å²) in [5.41, 5.74) is 2.93. The molecule has 1 saturated heterocycles. The Hall–Kier alpha value is -1.06. The molecule has 1 unspecified atom stereocenters. The van der Waals surface area contributed by atoms with Gasteiger partial charge in [-0.15, -0.1) is 0 Å². The van der Waals surface area contributed by atoms with E-state index in [0.29, 0.717) is 6.04 Å². The summed E-state index contributed by atoms with van der Waals surface area (Å²) < 4.78 is 10.8. The first-order valence-electron chi connectivity index (χ1n) is 7.85. The molecular formula is C17H25NO2. The Morgan fingerprint density at radius 2 is 2.10 bits per heavy atom. The van der Waals surface area contributed by atoms with Crippen molar-refractivity contribution in [3.8, 4) is 5.75 Å². The highest BCUT2D eigenvalue weighted by Gasteiger charge is 2.22. The largest absolute Gasteiger partial charge is 0.497 e. The van der Waals surface area contributed by atoms with Crippen molar-refractivity contribution < 1.29 is 9.47 Å². The van der Waals surface area contributed by atoms with Gasteiger partial charge in [0.25, 0.3) is 0 Å². The van der Waals surface area contributed by atoms with Crippen LogP contribution in [0.25, 0.3) is 0 Å². The first-order chi connectivity index (χ1) is 9.86. The second kappa shape index (κ2) is 6.59. The zero-order valence-corrected chi connectivity index (χ0v) is 12.4. The molecule has 0 radical (unpaired) electrons. The SMILES string of the molecule is COc1ccc2c(c1)CCCC2NCC1CCOCC1. The molecule has 0 bridgehead atoms. The molecule has 1 atom stereocenters. The van der Waals surface area contributed by atoms with Gasteiger partial charge >= 0.3 is 0 Å². The number of ether oxygens (including phenoxy) is 2. The van der Waals surface area contributed by atoms with Crippen LogP contribution in [0.15, 0.2) is 18.2 Å². The fraction of sp³-hybridized carbons (Fsp3) is 0.647. The van der Waals surface area contributed by atoms with Crippen molar-refractivity contribution in [1.82, 2.24) is 5.32 Å². The predicted molar refractivity (Wildman–Crippen MR) is 80.2 cm³/mol. The highest BCUT2D eigenvalue weighted by molar-refractivity contribution is 5.39. The van der Waals surface area contributed by atoms with Crippen molar-refractivity contribution in [3.05, 3.63) is 29.3 Å². The van der Waals surface area contributed by atoms with Gasteiger partial charge in [-0.05, 0) is 67.8 Å². The molecule has 2 aliphatic rings. The number of hydrogen-bond donors (Lipinski definition) is 1. The van der Waals surface area contributed by atoms with E-state index in [0.717, 1.165) is 31.4 Å². The number of rotatable bonds is 4. The van der Waals surface area contributed by atoms with Crippen LogP contribution in [-0.2, 0) is 11.2 Å². The summed E-state index contributed by atoms with van der Waals surface area (Å²) >= 11 is 0. The quantitative estimate of drug-likeness (QED) is 0.916. The third-order valence-corrected chi connectivity index (χ3v) is 4.66. The lowest BCUT2D eigenvalue weighted by Crippen LogP contribution is -2.32. The van der Waals surface area contributed by atoms with Gasteiger partial charge in [-0.1, -0.05) is 6.07 Å². The van der Waals surface area contributed by atoms with E-state index in [1.165, 1.54) is 43.2 Å². The molecule has 0 aromatic heterocycles. The summed E-state index contributed by atoms with van der Waals surface area (Å²) in [4.78, 5) is 0. The van der Waals surface area contributed by atoms with Gasteiger partial charge in [-0.3, -0.25) is 0 Å². The van der Waals surface area contributed by atoms with Crippen LogP contribution in [0.5, 0.6) is 5.75 Å². The lowest BCUT2D eigenvalue weighted by atomic mass is 9.87. The van der Waals surface area contributed by atoms with Crippen molar-refractivity contribution in [3.63, 3.8) is 0 Å². The Labute approximate surface area is 121 Å².